The summed E-state index contributed by atoms with van der Waals surface area (Å²) in [6.07, 6.45) is 9.25. The number of methoxy groups -OCH3 is 1. The molecule has 0 N–H and O–H groups in total. The lowest BCUT2D eigenvalue weighted by Crippen LogP contribution is -2.49. The van der Waals surface area contributed by atoms with Gasteiger partial charge in [-0.2, -0.15) is 0 Å². The molecule has 0 saturated heterocycles. The Morgan fingerprint density at radius 2 is 1.15 bits per heavy atom. The molecule has 0 aliphatic carbocycles. The molecule has 308 valence electrons. The normalized spacial score (nSPS) is 18.3. The summed E-state index contributed by atoms with van der Waals surface area (Å²) >= 11 is 0. The molecule has 0 bridgehead atoms. The maximum absolute atomic E-state index is 7.40. The number of hydrogen-bond donors (Lipinski definition) is 0. The Bertz CT molecular complexity index is 1250. The first kappa shape index (κ1) is 50.1. The molecule has 0 aromatic heterocycles. The molecular formula is C45H86O5Si3. The van der Waals surface area contributed by atoms with Gasteiger partial charge in [-0.05, 0) is 110 Å². The minimum atomic E-state index is -2.10. The second kappa shape index (κ2) is 20.0. The van der Waals surface area contributed by atoms with E-state index in [0.717, 1.165) is 30.6 Å². The van der Waals surface area contributed by atoms with Gasteiger partial charge in [0.2, 0.25) is 0 Å². The molecule has 1 aromatic rings. The fraction of sp³-hybridized carbons (Fsp3) is 0.822. The van der Waals surface area contributed by atoms with Crippen molar-refractivity contribution < 1.29 is 22.8 Å². The van der Waals surface area contributed by atoms with Crippen molar-refractivity contribution in [1.82, 2.24) is 0 Å². The third-order valence-electron chi connectivity index (χ3n) is 13.3. The van der Waals surface area contributed by atoms with E-state index in [2.05, 4.69) is 154 Å². The zero-order valence-corrected chi connectivity index (χ0v) is 41.6. The number of ether oxygens (including phenoxy) is 2. The highest BCUT2D eigenvalue weighted by atomic mass is 28.4. The topological polar surface area (TPSA) is 46.2 Å². The van der Waals surface area contributed by atoms with Gasteiger partial charge in [-0.3, -0.25) is 0 Å². The van der Waals surface area contributed by atoms with Crippen LogP contribution in [0, 0.1) is 41.9 Å². The van der Waals surface area contributed by atoms with Gasteiger partial charge in [-0.15, -0.1) is 12.3 Å². The van der Waals surface area contributed by atoms with Gasteiger partial charge in [0.25, 0.3) is 0 Å². The van der Waals surface area contributed by atoms with Crippen LogP contribution in [0.25, 0.3) is 0 Å². The van der Waals surface area contributed by atoms with Gasteiger partial charge in [-0.1, -0.05) is 102 Å². The molecule has 0 heterocycles. The van der Waals surface area contributed by atoms with Crippen LogP contribution in [0.15, 0.2) is 24.3 Å². The van der Waals surface area contributed by atoms with E-state index in [9.17, 15) is 0 Å². The summed E-state index contributed by atoms with van der Waals surface area (Å²) in [5.74, 6) is 5.17. The van der Waals surface area contributed by atoms with Crippen LogP contribution in [0.2, 0.25) is 54.4 Å². The van der Waals surface area contributed by atoms with Crippen molar-refractivity contribution in [2.45, 2.75) is 196 Å². The van der Waals surface area contributed by atoms with Gasteiger partial charge in [0, 0.05) is 24.4 Å². The minimum Gasteiger partial charge on any atom is -0.497 e. The van der Waals surface area contributed by atoms with Crippen molar-refractivity contribution in [3.63, 3.8) is 0 Å². The first-order valence-corrected chi connectivity index (χ1v) is 29.3. The van der Waals surface area contributed by atoms with E-state index in [1.165, 1.54) is 0 Å². The monoisotopic (exact) mass is 791 g/mol. The predicted octanol–water partition coefficient (Wildman–Crippen LogP) is 13.4. The molecule has 8 heteroatoms. The van der Waals surface area contributed by atoms with Crippen molar-refractivity contribution >= 4 is 25.0 Å². The largest absolute Gasteiger partial charge is 0.497 e. The Hall–Kier alpha value is -0.929. The maximum Gasteiger partial charge on any atom is 0.192 e. The average Bonchev–Trinajstić information content (AvgIpc) is 3.02. The quantitative estimate of drug-likeness (QED) is 0.0917. The van der Waals surface area contributed by atoms with Crippen molar-refractivity contribution in [2.75, 3.05) is 13.7 Å². The Morgan fingerprint density at radius 1 is 0.660 bits per heavy atom. The molecule has 0 unspecified atom stereocenters. The van der Waals surface area contributed by atoms with Gasteiger partial charge in [0.05, 0.1) is 32.0 Å². The van der Waals surface area contributed by atoms with Crippen LogP contribution in [-0.2, 0) is 24.6 Å². The van der Waals surface area contributed by atoms with Crippen LogP contribution in [0.5, 0.6) is 5.75 Å². The van der Waals surface area contributed by atoms with Gasteiger partial charge in [0.1, 0.15) is 5.75 Å². The van der Waals surface area contributed by atoms with Gasteiger partial charge < -0.3 is 22.8 Å². The van der Waals surface area contributed by atoms with Crippen molar-refractivity contribution in [3.05, 3.63) is 29.8 Å². The molecule has 0 spiro atoms. The molecule has 1 rings (SSSR count). The van der Waals surface area contributed by atoms with E-state index in [1.807, 2.05) is 12.1 Å². The SMILES string of the molecule is C#C[C@H](C)[C@H](O[Si](C)(C)C(C)(C)C)[C@@H](C)C[C@@H](C)CC[C@@H](O[Si](C)(C)C(C)(C)C)[C@H](C)[C@@H](OCc1ccc(OC)cc1)[C@@H](C)CO[Si](C)(C)C(C)(C)C. The lowest BCUT2D eigenvalue weighted by molar-refractivity contribution is -0.0726. The first-order chi connectivity index (χ1) is 23.9. The molecular weight excluding hydrogens is 705 g/mol. The highest BCUT2D eigenvalue weighted by Crippen LogP contribution is 2.42. The van der Waals surface area contributed by atoms with Crippen molar-refractivity contribution in [2.24, 2.45) is 29.6 Å². The molecule has 0 fully saturated rings. The lowest BCUT2D eigenvalue weighted by atomic mass is 9.83. The molecule has 8 atom stereocenters. The van der Waals surface area contributed by atoms with E-state index < -0.39 is 25.0 Å². The van der Waals surface area contributed by atoms with E-state index in [0.29, 0.717) is 25.0 Å². The summed E-state index contributed by atoms with van der Waals surface area (Å²) < 4.78 is 33.7. The van der Waals surface area contributed by atoms with Crippen LogP contribution < -0.4 is 4.74 Å². The fourth-order valence-electron chi connectivity index (χ4n) is 6.25. The summed E-state index contributed by atoms with van der Waals surface area (Å²) in [5, 5.41) is 0.376. The highest BCUT2D eigenvalue weighted by molar-refractivity contribution is 6.75. The molecule has 5 nitrogen and oxygen atoms in total. The third-order valence-corrected chi connectivity index (χ3v) is 26.8. The van der Waals surface area contributed by atoms with Crippen LogP contribution in [-0.4, -0.2) is 57.0 Å². The number of rotatable bonds is 21. The van der Waals surface area contributed by atoms with Crippen molar-refractivity contribution in [3.8, 4) is 18.1 Å². The summed E-state index contributed by atoms with van der Waals surface area (Å²) in [6.45, 7) is 47.8. The maximum atomic E-state index is 7.40. The fourth-order valence-corrected chi connectivity index (χ4v) is 10.3. The smallest absolute Gasteiger partial charge is 0.192 e. The highest BCUT2D eigenvalue weighted by Gasteiger charge is 2.44. The zero-order chi connectivity index (χ0) is 41.4. The molecule has 53 heavy (non-hydrogen) atoms. The number of terminal acetylenes is 1. The summed E-state index contributed by atoms with van der Waals surface area (Å²) in [5.41, 5.74) is 1.14. The minimum absolute atomic E-state index is 0.0373. The number of benzene rings is 1. The Kier molecular flexibility index (Phi) is 18.9. The van der Waals surface area contributed by atoms with Gasteiger partial charge in [-0.25, -0.2) is 0 Å². The summed E-state index contributed by atoms with van der Waals surface area (Å²) in [6, 6.07) is 8.23. The molecule has 0 saturated carbocycles. The molecule has 0 aliphatic heterocycles. The predicted molar refractivity (Wildman–Crippen MR) is 237 cm³/mol. The second-order valence-corrected chi connectivity index (χ2v) is 35.5. The van der Waals surface area contributed by atoms with Gasteiger partial charge in [0.15, 0.2) is 25.0 Å². The molecule has 0 radical (unpaired) electrons. The lowest BCUT2D eigenvalue weighted by Gasteiger charge is -2.44. The third kappa shape index (κ3) is 15.2. The molecule has 0 amide bonds. The molecule has 0 aliphatic rings. The van der Waals surface area contributed by atoms with Crippen LogP contribution in [0.3, 0.4) is 0 Å². The Labute approximate surface area is 333 Å². The number of hydrogen-bond acceptors (Lipinski definition) is 5. The van der Waals surface area contributed by atoms with Crippen LogP contribution in [0.4, 0.5) is 0 Å². The van der Waals surface area contributed by atoms with E-state index >= 15 is 0 Å². The average molecular weight is 791 g/mol. The summed E-state index contributed by atoms with van der Waals surface area (Å²) in [4.78, 5) is 0. The second-order valence-electron chi connectivity index (χ2n) is 21.1. The first-order valence-electron chi connectivity index (χ1n) is 20.6. The van der Waals surface area contributed by atoms with Crippen LogP contribution in [0.1, 0.15) is 122 Å². The Morgan fingerprint density at radius 3 is 1.60 bits per heavy atom. The van der Waals surface area contributed by atoms with E-state index in [1.54, 1.807) is 7.11 Å². The van der Waals surface area contributed by atoms with Crippen molar-refractivity contribution in [1.29, 1.82) is 0 Å². The van der Waals surface area contributed by atoms with E-state index in [-0.39, 0.29) is 51.2 Å². The van der Waals surface area contributed by atoms with E-state index in [4.69, 9.17) is 29.2 Å². The van der Waals surface area contributed by atoms with Crippen LogP contribution >= 0.6 is 0 Å². The zero-order valence-electron chi connectivity index (χ0n) is 38.6. The summed E-state index contributed by atoms with van der Waals surface area (Å²) in [7, 11) is -4.32. The molecule has 1 aromatic carbocycles. The standard InChI is InChI=1S/C45H86O5Si3/c1-23-34(3)41(50-53(21,22)45(13,14)15)35(4)30-33(2)24-29-40(49-52(19,20)44(10,11)12)37(6)42(36(5)31-48-51(17,18)43(7,8)9)47-32-38-25-27-39(46-16)28-26-38/h1,25-28,33-37,40-42H,24,29-32H2,2-22H3/t33-,34-,35-,36-,37-,40+,41-,42-/m0/s1. The van der Waals surface area contributed by atoms with Gasteiger partial charge >= 0.3 is 0 Å². The Balaban J connectivity index is 3.43.